The maximum absolute atomic E-state index is 6.21. The second-order valence-electron chi connectivity index (χ2n) is 4.00. The number of methoxy groups -OCH3 is 1. The van der Waals surface area contributed by atoms with Crippen LogP contribution in [0.1, 0.15) is 30.9 Å². The number of nitrogens with two attached hydrogens (primary N) is 1. The smallest absolute Gasteiger partial charge is 0.122 e. The molecule has 0 aromatic heterocycles. The van der Waals surface area contributed by atoms with Crippen molar-refractivity contribution in [2.75, 3.05) is 7.11 Å². The summed E-state index contributed by atoms with van der Waals surface area (Å²) in [5, 5.41) is 0. The first-order valence-electron chi connectivity index (χ1n) is 5.16. The van der Waals surface area contributed by atoms with Gasteiger partial charge in [-0.2, -0.15) is 0 Å². The van der Waals surface area contributed by atoms with Crippen molar-refractivity contribution in [3.05, 3.63) is 29.3 Å². The summed E-state index contributed by atoms with van der Waals surface area (Å²) in [6.07, 6.45) is 3.19. The lowest BCUT2D eigenvalue weighted by Gasteiger charge is -2.16. The Kier molecular flexibility index (Phi) is 2.23. The van der Waals surface area contributed by atoms with Crippen LogP contribution in [0.3, 0.4) is 0 Å². The van der Waals surface area contributed by atoms with Gasteiger partial charge in [-0.1, -0.05) is 19.1 Å². The molecule has 0 saturated heterocycles. The fourth-order valence-corrected chi connectivity index (χ4v) is 1.99. The van der Waals surface area contributed by atoms with Gasteiger partial charge >= 0.3 is 0 Å². The lowest BCUT2D eigenvalue weighted by atomic mass is 9.96. The molecular weight excluding hydrogens is 174 g/mol. The van der Waals surface area contributed by atoms with E-state index in [0.29, 0.717) is 0 Å². The van der Waals surface area contributed by atoms with Crippen LogP contribution < -0.4 is 10.5 Å². The normalized spacial score (nSPS) is 17.9. The highest BCUT2D eigenvalue weighted by Gasteiger charge is 2.41. The number of hydrogen-bond donors (Lipinski definition) is 1. The van der Waals surface area contributed by atoms with E-state index in [1.807, 2.05) is 12.1 Å². The molecule has 1 aliphatic rings. The first-order chi connectivity index (χ1) is 6.71. The van der Waals surface area contributed by atoms with E-state index in [-0.39, 0.29) is 5.54 Å². The second kappa shape index (κ2) is 3.28. The molecule has 0 aliphatic heterocycles. The molecule has 2 nitrogen and oxygen atoms in total. The molecule has 2 rings (SSSR count). The summed E-state index contributed by atoms with van der Waals surface area (Å²) < 4.78 is 5.34. The fourth-order valence-electron chi connectivity index (χ4n) is 1.99. The van der Waals surface area contributed by atoms with Crippen LogP contribution in [0.5, 0.6) is 5.75 Å². The van der Waals surface area contributed by atoms with Crippen molar-refractivity contribution in [3.8, 4) is 5.75 Å². The van der Waals surface area contributed by atoms with Gasteiger partial charge in [0.2, 0.25) is 0 Å². The zero-order valence-electron chi connectivity index (χ0n) is 8.84. The van der Waals surface area contributed by atoms with Crippen molar-refractivity contribution in [1.29, 1.82) is 0 Å². The van der Waals surface area contributed by atoms with E-state index in [4.69, 9.17) is 10.5 Å². The van der Waals surface area contributed by atoms with E-state index in [0.717, 1.165) is 25.0 Å². The Morgan fingerprint density at radius 2 is 2.14 bits per heavy atom. The Hall–Kier alpha value is -1.02. The molecule has 0 atom stereocenters. The van der Waals surface area contributed by atoms with Crippen molar-refractivity contribution in [1.82, 2.24) is 0 Å². The Morgan fingerprint density at radius 3 is 2.64 bits per heavy atom. The Morgan fingerprint density at radius 1 is 1.43 bits per heavy atom. The summed E-state index contributed by atoms with van der Waals surface area (Å²) in [6.45, 7) is 2.15. The van der Waals surface area contributed by atoms with Crippen LogP contribution in [-0.4, -0.2) is 7.11 Å². The predicted molar refractivity (Wildman–Crippen MR) is 57.5 cm³/mol. The fraction of sp³-hybridized carbons (Fsp3) is 0.500. The minimum absolute atomic E-state index is 0.0557. The number of rotatable bonds is 3. The van der Waals surface area contributed by atoms with Crippen LogP contribution >= 0.6 is 0 Å². The molecule has 1 aromatic rings. The first kappa shape index (κ1) is 9.53. The average molecular weight is 191 g/mol. The topological polar surface area (TPSA) is 35.2 Å². The van der Waals surface area contributed by atoms with Gasteiger partial charge in [0.1, 0.15) is 5.75 Å². The standard InChI is InChI=1S/C12H17NO/c1-3-9-10(12(13)7-8-12)5-4-6-11(9)14-2/h4-6H,3,7-8,13H2,1-2H3. The third-order valence-corrected chi connectivity index (χ3v) is 3.03. The summed E-state index contributed by atoms with van der Waals surface area (Å²) in [5.41, 5.74) is 8.71. The van der Waals surface area contributed by atoms with Gasteiger partial charge in [0.15, 0.2) is 0 Å². The van der Waals surface area contributed by atoms with Gasteiger partial charge in [-0.25, -0.2) is 0 Å². The first-order valence-corrected chi connectivity index (χ1v) is 5.16. The lowest BCUT2D eigenvalue weighted by molar-refractivity contribution is 0.408. The maximum Gasteiger partial charge on any atom is 0.122 e. The molecule has 1 saturated carbocycles. The van der Waals surface area contributed by atoms with E-state index < -0.39 is 0 Å². The van der Waals surface area contributed by atoms with Gasteiger partial charge in [-0.3, -0.25) is 0 Å². The predicted octanol–water partition coefficient (Wildman–Crippen LogP) is 2.21. The largest absolute Gasteiger partial charge is 0.496 e. The Balaban J connectivity index is 2.48. The average Bonchev–Trinajstić information content (AvgIpc) is 2.96. The Bertz CT molecular complexity index is 342. The molecule has 2 heteroatoms. The minimum Gasteiger partial charge on any atom is -0.496 e. The lowest BCUT2D eigenvalue weighted by Crippen LogP contribution is -2.20. The third-order valence-electron chi connectivity index (χ3n) is 3.03. The van der Waals surface area contributed by atoms with E-state index in [1.54, 1.807) is 7.11 Å². The summed E-state index contributed by atoms with van der Waals surface area (Å²) in [6, 6.07) is 6.17. The van der Waals surface area contributed by atoms with E-state index in [1.165, 1.54) is 11.1 Å². The molecule has 14 heavy (non-hydrogen) atoms. The molecular formula is C12H17NO. The van der Waals surface area contributed by atoms with Crippen LogP contribution in [0.4, 0.5) is 0 Å². The summed E-state index contributed by atoms with van der Waals surface area (Å²) in [7, 11) is 1.72. The molecule has 1 fully saturated rings. The molecule has 0 spiro atoms. The molecule has 0 heterocycles. The molecule has 0 bridgehead atoms. The molecule has 0 amide bonds. The third kappa shape index (κ3) is 1.40. The molecule has 1 aromatic carbocycles. The van der Waals surface area contributed by atoms with Crippen molar-refractivity contribution in [3.63, 3.8) is 0 Å². The van der Waals surface area contributed by atoms with E-state index >= 15 is 0 Å². The van der Waals surface area contributed by atoms with E-state index in [9.17, 15) is 0 Å². The van der Waals surface area contributed by atoms with Crippen LogP contribution in [-0.2, 0) is 12.0 Å². The molecule has 0 unspecified atom stereocenters. The van der Waals surface area contributed by atoms with Crippen LogP contribution in [0.15, 0.2) is 18.2 Å². The van der Waals surface area contributed by atoms with Crippen LogP contribution in [0.2, 0.25) is 0 Å². The molecule has 1 aliphatic carbocycles. The van der Waals surface area contributed by atoms with Gasteiger partial charge in [0, 0.05) is 5.54 Å². The maximum atomic E-state index is 6.21. The zero-order valence-corrected chi connectivity index (χ0v) is 8.84. The van der Waals surface area contributed by atoms with Crippen molar-refractivity contribution in [2.45, 2.75) is 31.7 Å². The quantitative estimate of drug-likeness (QED) is 0.795. The monoisotopic (exact) mass is 191 g/mol. The van der Waals surface area contributed by atoms with Gasteiger partial charge < -0.3 is 10.5 Å². The SMILES string of the molecule is CCc1c(OC)cccc1C1(N)CC1. The Labute approximate surface area is 85.1 Å². The molecule has 2 N–H and O–H groups in total. The van der Waals surface area contributed by atoms with Gasteiger partial charge in [-0.15, -0.1) is 0 Å². The van der Waals surface area contributed by atoms with Gasteiger partial charge in [-0.05, 0) is 36.5 Å². The van der Waals surface area contributed by atoms with E-state index in [2.05, 4.69) is 13.0 Å². The van der Waals surface area contributed by atoms with Gasteiger partial charge in [0.25, 0.3) is 0 Å². The zero-order chi connectivity index (χ0) is 10.2. The number of ether oxygens (including phenoxy) is 1. The minimum atomic E-state index is -0.0557. The molecule has 0 radical (unpaired) electrons. The number of hydrogen-bond acceptors (Lipinski definition) is 2. The highest BCUT2D eigenvalue weighted by molar-refractivity contribution is 5.46. The molecule has 76 valence electrons. The number of benzene rings is 1. The van der Waals surface area contributed by atoms with Crippen LogP contribution in [0, 0.1) is 0 Å². The van der Waals surface area contributed by atoms with Crippen molar-refractivity contribution in [2.24, 2.45) is 5.73 Å². The highest BCUT2D eigenvalue weighted by Crippen LogP contribution is 2.45. The summed E-state index contributed by atoms with van der Waals surface area (Å²) >= 11 is 0. The van der Waals surface area contributed by atoms with Gasteiger partial charge in [0.05, 0.1) is 7.11 Å². The van der Waals surface area contributed by atoms with Crippen molar-refractivity contribution < 1.29 is 4.74 Å². The summed E-state index contributed by atoms with van der Waals surface area (Å²) in [4.78, 5) is 0. The highest BCUT2D eigenvalue weighted by atomic mass is 16.5. The summed E-state index contributed by atoms with van der Waals surface area (Å²) in [5.74, 6) is 0.974. The second-order valence-corrected chi connectivity index (χ2v) is 4.00. The van der Waals surface area contributed by atoms with Crippen molar-refractivity contribution >= 4 is 0 Å². The van der Waals surface area contributed by atoms with Crippen LogP contribution in [0.25, 0.3) is 0 Å².